The third-order valence-corrected chi connectivity index (χ3v) is 3.38. The molecule has 2 aromatic carbocycles. The number of aromatic nitrogens is 2. The van der Waals surface area contributed by atoms with Crippen LogP contribution in [0.4, 0.5) is 0 Å². The fraction of sp³-hybridized carbons (Fsp3) is 0. The van der Waals surface area contributed by atoms with E-state index in [2.05, 4.69) is 9.97 Å². The summed E-state index contributed by atoms with van der Waals surface area (Å²) in [6, 6.07) is 21.7. The van der Waals surface area contributed by atoms with Gasteiger partial charge in [-0.1, -0.05) is 42.5 Å². The summed E-state index contributed by atoms with van der Waals surface area (Å²) < 4.78 is 5.87. The second kappa shape index (κ2) is 4.87. The number of para-hydroxylation sites is 2. The van der Waals surface area contributed by atoms with Crippen molar-refractivity contribution in [2.75, 3.05) is 0 Å². The van der Waals surface area contributed by atoms with Crippen LogP contribution >= 0.6 is 0 Å². The van der Waals surface area contributed by atoms with Crippen molar-refractivity contribution < 1.29 is 4.42 Å². The van der Waals surface area contributed by atoms with E-state index in [1.807, 2.05) is 66.7 Å². The van der Waals surface area contributed by atoms with Gasteiger partial charge in [-0.15, -0.1) is 0 Å². The van der Waals surface area contributed by atoms with Crippen molar-refractivity contribution in [2.24, 2.45) is 0 Å². The first-order valence-corrected chi connectivity index (χ1v) is 6.78. The van der Waals surface area contributed by atoms with Gasteiger partial charge in [0.1, 0.15) is 5.52 Å². The minimum absolute atomic E-state index is 0.600. The lowest BCUT2D eigenvalue weighted by molar-refractivity contribution is 0.620. The van der Waals surface area contributed by atoms with Crippen molar-refractivity contribution in [1.82, 2.24) is 9.97 Å². The van der Waals surface area contributed by atoms with Crippen LogP contribution in [0.3, 0.4) is 0 Å². The molecule has 2 heterocycles. The van der Waals surface area contributed by atoms with Gasteiger partial charge < -0.3 is 4.42 Å². The molecule has 0 unspecified atom stereocenters. The Hall–Kier alpha value is -2.94. The lowest BCUT2D eigenvalue weighted by Crippen LogP contribution is -1.88. The average molecular weight is 272 g/mol. The molecule has 0 N–H and O–H groups in total. The lowest BCUT2D eigenvalue weighted by atomic mass is 10.1. The van der Waals surface area contributed by atoms with E-state index in [0.717, 1.165) is 27.9 Å². The van der Waals surface area contributed by atoms with Gasteiger partial charge in [0.15, 0.2) is 5.58 Å². The van der Waals surface area contributed by atoms with Crippen LogP contribution in [-0.2, 0) is 0 Å². The maximum Gasteiger partial charge on any atom is 0.229 e. The largest absolute Gasteiger partial charge is 0.436 e. The highest BCUT2D eigenvalue weighted by Crippen LogP contribution is 2.31. The molecular formula is C18H12N2O. The minimum Gasteiger partial charge on any atom is -0.436 e. The Morgan fingerprint density at radius 2 is 1.57 bits per heavy atom. The van der Waals surface area contributed by atoms with E-state index in [1.54, 1.807) is 6.20 Å². The molecule has 3 nitrogen and oxygen atoms in total. The molecule has 0 spiro atoms. The summed E-state index contributed by atoms with van der Waals surface area (Å²) in [5.74, 6) is 0.600. The lowest BCUT2D eigenvalue weighted by Gasteiger charge is -2.04. The molecule has 0 amide bonds. The number of hydrogen-bond donors (Lipinski definition) is 0. The molecule has 0 saturated heterocycles. The normalized spacial score (nSPS) is 10.9. The van der Waals surface area contributed by atoms with E-state index in [0.29, 0.717) is 5.89 Å². The van der Waals surface area contributed by atoms with Crippen molar-refractivity contribution in [3.05, 3.63) is 72.9 Å². The average Bonchev–Trinajstić information content (AvgIpc) is 2.99. The van der Waals surface area contributed by atoms with Crippen molar-refractivity contribution in [1.29, 1.82) is 0 Å². The third-order valence-electron chi connectivity index (χ3n) is 3.38. The topological polar surface area (TPSA) is 38.9 Å². The Morgan fingerprint density at radius 1 is 0.762 bits per heavy atom. The number of pyridine rings is 1. The smallest absolute Gasteiger partial charge is 0.229 e. The van der Waals surface area contributed by atoms with Crippen molar-refractivity contribution in [3.63, 3.8) is 0 Å². The van der Waals surface area contributed by atoms with E-state index in [-0.39, 0.29) is 0 Å². The first-order chi connectivity index (χ1) is 10.4. The number of rotatable bonds is 2. The zero-order chi connectivity index (χ0) is 14.1. The fourth-order valence-corrected chi connectivity index (χ4v) is 2.39. The molecule has 0 bridgehead atoms. The molecule has 0 atom stereocenters. The Balaban J connectivity index is 1.93. The van der Waals surface area contributed by atoms with E-state index in [9.17, 15) is 0 Å². The maximum atomic E-state index is 5.87. The second-order valence-corrected chi connectivity index (χ2v) is 4.75. The summed E-state index contributed by atoms with van der Waals surface area (Å²) in [6.45, 7) is 0. The van der Waals surface area contributed by atoms with Gasteiger partial charge >= 0.3 is 0 Å². The highest BCUT2D eigenvalue weighted by atomic mass is 16.3. The number of oxazole rings is 1. The summed E-state index contributed by atoms with van der Waals surface area (Å²) in [7, 11) is 0. The van der Waals surface area contributed by atoms with E-state index in [1.165, 1.54) is 0 Å². The molecule has 0 aliphatic heterocycles. The van der Waals surface area contributed by atoms with Crippen LogP contribution in [0.1, 0.15) is 0 Å². The van der Waals surface area contributed by atoms with Crippen LogP contribution in [0.15, 0.2) is 77.3 Å². The fourth-order valence-electron chi connectivity index (χ4n) is 2.39. The molecule has 4 rings (SSSR count). The predicted molar refractivity (Wildman–Crippen MR) is 82.7 cm³/mol. The standard InChI is InChI=1S/C18H12N2O/c1-2-7-13(8-3-1)17-14(9-6-12-19-17)18-20-15-10-4-5-11-16(15)21-18/h1-12H. The van der Waals surface area contributed by atoms with E-state index >= 15 is 0 Å². The van der Waals surface area contributed by atoms with Crippen LogP contribution in [-0.4, -0.2) is 9.97 Å². The molecular weight excluding hydrogens is 260 g/mol. The van der Waals surface area contributed by atoms with Crippen molar-refractivity contribution in [2.45, 2.75) is 0 Å². The summed E-state index contributed by atoms with van der Waals surface area (Å²) in [5.41, 5.74) is 4.48. The van der Waals surface area contributed by atoms with Crippen LogP contribution in [0, 0.1) is 0 Å². The summed E-state index contributed by atoms with van der Waals surface area (Å²) in [6.07, 6.45) is 1.79. The molecule has 2 aromatic heterocycles. The van der Waals surface area contributed by atoms with E-state index < -0.39 is 0 Å². The van der Waals surface area contributed by atoms with Gasteiger partial charge in [-0.25, -0.2) is 4.98 Å². The Morgan fingerprint density at radius 3 is 2.43 bits per heavy atom. The second-order valence-electron chi connectivity index (χ2n) is 4.75. The molecule has 0 aliphatic rings. The van der Waals surface area contributed by atoms with Gasteiger partial charge in [0.2, 0.25) is 5.89 Å². The van der Waals surface area contributed by atoms with Gasteiger partial charge in [0.25, 0.3) is 0 Å². The van der Waals surface area contributed by atoms with Gasteiger partial charge in [0, 0.05) is 11.8 Å². The van der Waals surface area contributed by atoms with Crippen LogP contribution < -0.4 is 0 Å². The van der Waals surface area contributed by atoms with Crippen molar-refractivity contribution in [3.8, 4) is 22.7 Å². The van der Waals surface area contributed by atoms with E-state index in [4.69, 9.17) is 4.42 Å². The zero-order valence-electron chi connectivity index (χ0n) is 11.2. The highest BCUT2D eigenvalue weighted by molar-refractivity contribution is 5.81. The van der Waals surface area contributed by atoms with Gasteiger partial charge in [-0.3, -0.25) is 4.98 Å². The molecule has 0 fully saturated rings. The Bertz CT molecular complexity index is 864. The molecule has 21 heavy (non-hydrogen) atoms. The third kappa shape index (κ3) is 2.09. The van der Waals surface area contributed by atoms with Gasteiger partial charge in [0.05, 0.1) is 11.3 Å². The summed E-state index contributed by atoms with van der Waals surface area (Å²) in [4.78, 5) is 9.06. The minimum atomic E-state index is 0.600. The molecule has 3 heteroatoms. The number of hydrogen-bond acceptors (Lipinski definition) is 3. The number of nitrogens with zero attached hydrogens (tertiary/aromatic N) is 2. The SMILES string of the molecule is c1ccc(-c2ncccc2-c2nc3ccccc3o2)cc1. The monoisotopic (exact) mass is 272 g/mol. The molecule has 0 aliphatic carbocycles. The Labute approximate surface area is 121 Å². The molecule has 4 aromatic rings. The summed E-state index contributed by atoms with van der Waals surface area (Å²) in [5, 5.41) is 0. The van der Waals surface area contributed by atoms with Crippen LogP contribution in [0.2, 0.25) is 0 Å². The Kier molecular flexibility index (Phi) is 2.75. The predicted octanol–water partition coefficient (Wildman–Crippen LogP) is 4.56. The summed E-state index contributed by atoms with van der Waals surface area (Å²) >= 11 is 0. The van der Waals surface area contributed by atoms with Crippen LogP contribution in [0.25, 0.3) is 33.8 Å². The maximum absolute atomic E-state index is 5.87. The highest BCUT2D eigenvalue weighted by Gasteiger charge is 2.13. The van der Waals surface area contributed by atoms with Crippen molar-refractivity contribution >= 4 is 11.1 Å². The molecule has 100 valence electrons. The van der Waals surface area contributed by atoms with Gasteiger partial charge in [-0.05, 0) is 24.3 Å². The quantitative estimate of drug-likeness (QED) is 0.537. The van der Waals surface area contributed by atoms with Gasteiger partial charge in [-0.2, -0.15) is 0 Å². The molecule has 0 radical (unpaired) electrons. The zero-order valence-corrected chi connectivity index (χ0v) is 11.2. The first-order valence-electron chi connectivity index (χ1n) is 6.78. The molecule has 0 saturated carbocycles. The van der Waals surface area contributed by atoms with Crippen LogP contribution in [0.5, 0.6) is 0 Å². The first kappa shape index (κ1) is 11.9. The number of benzene rings is 2. The number of fused-ring (bicyclic) bond motifs is 1.